The van der Waals surface area contributed by atoms with Gasteiger partial charge in [0.15, 0.2) is 0 Å². The van der Waals surface area contributed by atoms with Gasteiger partial charge in [-0.05, 0) is 73.6 Å². The molecule has 34 heavy (non-hydrogen) atoms. The molecule has 0 aliphatic rings. The normalized spacial score (nSPS) is 12.5. The van der Waals surface area contributed by atoms with Crippen molar-refractivity contribution >= 4 is 17.6 Å². The summed E-state index contributed by atoms with van der Waals surface area (Å²) in [6, 6.07) is 1.88. The van der Waals surface area contributed by atoms with Crippen LogP contribution in [0.5, 0.6) is 0 Å². The molecule has 6 nitrogen and oxygen atoms in total. The number of hydrogen-bond donors (Lipinski definition) is 0. The van der Waals surface area contributed by atoms with Gasteiger partial charge in [-0.25, -0.2) is 0 Å². The number of unbranched alkanes of at least 4 members (excludes halogenated alkanes) is 2. The molecular weight excluding hydrogens is 464 g/mol. The maximum absolute atomic E-state index is 6.06. The summed E-state index contributed by atoms with van der Waals surface area (Å²) in [6.45, 7) is 25.3. The molecular formula is C26H60O6Si2. The van der Waals surface area contributed by atoms with E-state index >= 15 is 0 Å². The smallest absolute Gasteiger partial charge is 0.373 e. The summed E-state index contributed by atoms with van der Waals surface area (Å²) in [5, 5.41) is 0. The van der Waals surface area contributed by atoms with Crippen LogP contribution in [-0.4, -0.2) is 55.7 Å². The highest BCUT2D eigenvalue weighted by Crippen LogP contribution is 2.24. The van der Waals surface area contributed by atoms with Gasteiger partial charge in [0.25, 0.3) is 0 Å². The molecule has 0 radical (unpaired) electrons. The van der Waals surface area contributed by atoms with E-state index in [0.29, 0.717) is 0 Å². The molecule has 0 unspecified atom stereocenters. The van der Waals surface area contributed by atoms with Crippen LogP contribution >= 0.6 is 0 Å². The Morgan fingerprint density at radius 1 is 0.441 bits per heavy atom. The summed E-state index contributed by atoms with van der Waals surface area (Å²) in [4.78, 5) is 0. The maximum atomic E-state index is 6.06. The molecule has 0 aromatic carbocycles. The van der Waals surface area contributed by atoms with Crippen LogP contribution in [-0.2, 0) is 26.6 Å². The molecule has 0 aliphatic heterocycles. The lowest BCUT2D eigenvalue weighted by atomic mass is 10.4. The van der Waals surface area contributed by atoms with Crippen molar-refractivity contribution in [1.82, 2.24) is 0 Å². The first-order valence-electron chi connectivity index (χ1n) is 14.0. The van der Waals surface area contributed by atoms with Gasteiger partial charge >= 0.3 is 17.6 Å². The summed E-state index contributed by atoms with van der Waals surface area (Å²) in [6.07, 6.45) is 8.03. The molecule has 0 saturated carbocycles. The predicted molar refractivity (Wildman–Crippen MR) is 148 cm³/mol. The van der Waals surface area contributed by atoms with E-state index in [2.05, 4.69) is 34.6 Å². The van der Waals surface area contributed by atoms with E-state index < -0.39 is 17.6 Å². The molecule has 0 spiro atoms. The summed E-state index contributed by atoms with van der Waals surface area (Å²) in [5.74, 6) is 0. The van der Waals surface area contributed by atoms with E-state index in [4.69, 9.17) is 26.6 Å². The lowest BCUT2D eigenvalue weighted by Gasteiger charge is -2.34. The van der Waals surface area contributed by atoms with Crippen LogP contribution in [0.2, 0.25) is 12.1 Å². The monoisotopic (exact) mass is 524 g/mol. The average molecular weight is 525 g/mol. The second-order valence-electron chi connectivity index (χ2n) is 9.62. The zero-order chi connectivity index (χ0) is 26.5. The molecule has 0 N–H and O–H groups in total. The van der Waals surface area contributed by atoms with Crippen molar-refractivity contribution in [3.05, 3.63) is 0 Å². The van der Waals surface area contributed by atoms with Gasteiger partial charge in [0.2, 0.25) is 0 Å². The fourth-order valence-electron chi connectivity index (χ4n) is 3.24. The van der Waals surface area contributed by atoms with Crippen molar-refractivity contribution in [2.24, 2.45) is 0 Å². The topological polar surface area (TPSA) is 55.4 Å². The first-order valence-corrected chi connectivity index (χ1v) is 17.9. The van der Waals surface area contributed by atoms with Gasteiger partial charge in [-0.3, -0.25) is 0 Å². The lowest BCUT2D eigenvalue weighted by Crippen LogP contribution is -2.50. The second kappa shape index (κ2) is 22.4. The maximum Gasteiger partial charge on any atom is 0.501 e. The molecule has 0 aromatic heterocycles. The zero-order valence-electron chi connectivity index (χ0n) is 24.7. The minimum Gasteiger partial charge on any atom is -0.373 e. The molecule has 0 fully saturated rings. The van der Waals surface area contributed by atoms with Crippen molar-refractivity contribution in [3.63, 3.8) is 0 Å². The summed E-state index contributed by atoms with van der Waals surface area (Å²) in [7, 11) is -4.89. The molecule has 0 rings (SSSR count). The Balaban J connectivity index is 0. The van der Waals surface area contributed by atoms with Crippen LogP contribution in [0, 0.1) is 0 Å². The van der Waals surface area contributed by atoms with Gasteiger partial charge in [0.1, 0.15) is 0 Å². The van der Waals surface area contributed by atoms with E-state index in [-0.39, 0.29) is 18.3 Å². The minimum absolute atomic E-state index is 0.149. The molecule has 0 heterocycles. The second-order valence-corrected chi connectivity index (χ2v) is 14.9. The molecule has 208 valence electrons. The Morgan fingerprint density at radius 3 is 0.971 bits per heavy atom. The fourth-order valence-corrected chi connectivity index (χ4v) is 9.71. The standard InChI is InChI=1S/2C13H30O3Si/c1-8-9-10-17(14-11(2)3,15-12(4)5)16-13(6)7;1-5-9-13-17(14-10-6-2,15-11-7-3)16-12-8-4/h11-13H,8-10H2,1-7H3;5-13H2,1-4H3. The Bertz CT molecular complexity index is 371. The zero-order valence-corrected chi connectivity index (χ0v) is 26.7. The molecule has 0 amide bonds. The minimum atomic E-state index is -2.51. The quantitative estimate of drug-likeness (QED) is 0.142. The predicted octanol–water partition coefficient (Wildman–Crippen LogP) is 8.01. The van der Waals surface area contributed by atoms with Gasteiger partial charge in [-0.2, -0.15) is 0 Å². The third-order valence-electron chi connectivity index (χ3n) is 4.50. The van der Waals surface area contributed by atoms with Gasteiger partial charge in [0.05, 0.1) is 0 Å². The Labute approximate surface area is 215 Å². The third kappa shape index (κ3) is 19.4. The number of hydrogen-bond acceptors (Lipinski definition) is 6. The van der Waals surface area contributed by atoms with Gasteiger partial charge in [-0.15, -0.1) is 0 Å². The summed E-state index contributed by atoms with van der Waals surface area (Å²) < 4.78 is 36.1. The van der Waals surface area contributed by atoms with E-state index in [9.17, 15) is 0 Å². The first kappa shape index (κ1) is 36.4. The summed E-state index contributed by atoms with van der Waals surface area (Å²) >= 11 is 0. The molecule has 0 saturated heterocycles. The van der Waals surface area contributed by atoms with Crippen molar-refractivity contribution < 1.29 is 26.6 Å². The molecule has 0 bridgehead atoms. The van der Waals surface area contributed by atoms with E-state index in [1.807, 2.05) is 41.5 Å². The third-order valence-corrected chi connectivity index (χ3v) is 10.9. The van der Waals surface area contributed by atoms with Crippen LogP contribution in [0.25, 0.3) is 0 Å². The van der Waals surface area contributed by atoms with Crippen LogP contribution in [0.1, 0.15) is 121 Å². The molecule has 0 aliphatic carbocycles. The van der Waals surface area contributed by atoms with Crippen LogP contribution < -0.4 is 0 Å². The van der Waals surface area contributed by atoms with Crippen molar-refractivity contribution in [2.75, 3.05) is 19.8 Å². The van der Waals surface area contributed by atoms with Gasteiger partial charge < -0.3 is 26.6 Å². The van der Waals surface area contributed by atoms with Gasteiger partial charge in [0, 0.05) is 50.2 Å². The SMILES string of the molecule is CCCC[Si](OC(C)C)(OC(C)C)OC(C)C.CCCC[Si](OCCC)(OCCC)OCCC. The Kier molecular flexibility index (Phi) is 23.9. The Hall–Kier alpha value is 0.194. The van der Waals surface area contributed by atoms with Crippen LogP contribution in [0.3, 0.4) is 0 Å². The van der Waals surface area contributed by atoms with Crippen LogP contribution in [0.4, 0.5) is 0 Å². The van der Waals surface area contributed by atoms with Crippen molar-refractivity contribution in [1.29, 1.82) is 0 Å². The van der Waals surface area contributed by atoms with E-state index in [1.54, 1.807) is 0 Å². The highest BCUT2D eigenvalue weighted by molar-refractivity contribution is 6.61. The number of rotatable bonds is 21. The molecule has 8 heteroatoms. The van der Waals surface area contributed by atoms with Crippen molar-refractivity contribution in [3.8, 4) is 0 Å². The molecule has 0 atom stereocenters. The first-order chi connectivity index (χ1) is 16.1. The highest BCUT2D eigenvalue weighted by atomic mass is 28.4. The highest BCUT2D eigenvalue weighted by Gasteiger charge is 2.43. The van der Waals surface area contributed by atoms with Gasteiger partial charge in [-0.1, -0.05) is 47.5 Å². The average Bonchev–Trinajstić information content (AvgIpc) is 2.75. The largest absolute Gasteiger partial charge is 0.501 e. The van der Waals surface area contributed by atoms with Crippen LogP contribution in [0.15, 0.2) is 0 Å². The van der Waals surface area contributed by atoms with E-state index in [1.165, 1.54) is 0 Å². The Morgan fingerprint density at radius 2 is 0.735 bits per heavy atom. The summed E-state index contributed by atoms with van der Waals surface area (Å²) in [5.41, 5.74) is 0. The van der Waals surface area contributed by atoms with Crippen molar-refractivity contribution in [2.45, 2.75) is 152 Å². The lowest BCUT2D eigenvalue weighted by molar-refractivity contribution is 0.00284. The molecule has 0 aromatic rings. The van der Waals surface area contributed by atoms with E-state index in [0.717, 1.165) is 76.9 Å². The fraction of sp³-hybridized carbons (Fsp3) is 1.00.